The van der Waals surface area contributed by atoms with Gasteiger partial charge in [0.15, 0.2) is 0 Å². The largest absolute Gasteiger partial charge is 0.396 e. The number of rotatable bonds is 4. The van der Waals surface area contributed by atoms with E-state index in [1.807, 2.05) is 30.3 Å². The van der Waals surface area contributed by atoms with Crippen LogP contribution in [0, 0.1) is 12.8 Å². The number of sulfonamides is 1. The van der Waals surface area contributed by atoms with Crippen LogP contribution in [0.15, 0.2) is 47.5 Å². The van der Waals surface area contributed by atoms with Crippen LogP contribution < -0.4 is 5.73 Å². The number of piperidine rings is 1. The molecule has 0 saturated carbocycles. The number of aliphatic hydroxyl groups excluding tert-OH is 1. The Balaban J connectivity index is 1.87. The van der Waals surface area contributed by atoms with Crippen molar-refractivity contribution in [3.8, 4) is 0 Å². The Morgan fingerprint density at radius 1 is 1.32 bits per heavy atom. The Kier molecular flexibility index (Phi) is 5.08. The van der Waals surface area contributed by atoms with E-state index in [1.54, 1.807) is 19.2 Å². The average Bonchev–Trinajstić information content (AvgIpc) is 2.63. The molecular weight excluding hydrogens is 338 g/mol. The first-order chi connectivity index (χ1) is 11.9. The van der Waals surface area contributed by atoms with Gasteiger partial charge in [-0.3, -0.25) is 0 Å². The molecule has 0 spiro atoms. The first kappa shape index (κ1) is 17.8. The summed E-state index contributed by atoms with van der Waals surface area (Å²) in [6, 6.07) is 11.5. The Morgan fingerprint density at radius 3 is 2.72 bits per heavy atom. The quantitative estimate of drug-likeness (QED) is 0.865. The third-order valence-corrected chi connectivity index (χ3v) is 6.69. The lowest BCUT2D eigenvalue weighted by Gasteiger charge is -2.37. The van der Waals surface area contributed by atoms with Crippen LogP contribution in [0.2, 0.25) is 0 Å². The summed E-state index contributed by atoms with van der Waals surface area (Å²) < 4.78 is 27.4. The summed E-state index contributed by atoms with van der Waals surface area (Å²) in [4.78, 5) is 4.01. The first-order valence-corrected chi connectivity index (χ1v) is 9.75. The molecule has 0 aliphatic carbocycles. The molecule has 6 nitrogen and oxygen atoms in total. The summed E-state index contributed by atoms with van der Waals surface area (Å²) in [6.07, 6.45) is 2.21. The van der Waals surface area contributed by atoms with Gasteiger partial charge in [0.2, 0.25) is 10.0 Å². The van der Waals surface area contributed by atoms with E-state index in [0.717, 1.165) is 11.1 Å². The monoisotopic (exact) mass is 361 g/mol. The number of anilines is 1. The maximum absolute atomic E-state index is 13.0. The van der Waals surface area contributed by atoms with Crippen molar-refractivity contribution < 1.29 is 13.5 Å². The maximum atomic E-state index is 13.0. The zero-order chi connectivity index (χ0) is 18.0. The van der Waals surface area contributed by atoms with Crippen molar-refractivity contribution in [2.24, 2.45) is 5.92 Å². The van der Waals surface area contributed by atoms with Crippen molar-refractivity contribution in [2.45, 2.75) is 24.2 Å². The molecule has 7 heteroatoms. The number of aryl methyl sites for hydroxylation is 1. The van der Waals surface area contributed by atoms with E-state index in [1.165, 1.54) is 4.31 Å². The smallest absolute Gasteiger partial charge is 0.246 e. The maximum Gasteiger partial charge on any atom is 0.246 e. The van der Waals surface area contributed by atoms with Crippen molar-refractivity contribution in [1.82, 2.24) is 9.29 Å². The van der Waals surface area contributed by atoms with Crippen molar-refractivity contribution in [1.29, 1.82) is 0 Å². The van der Waals surface area contributed by atoms with Gasteiger partial charge in [-0.1, -0.05) is 30.3 Å². The number of pyridine rings is 1. The van der Waals surface area contributed by atoms with Crippen molar-refractivity contribution in [3.63, 3.8) is 0 Å². The molecule has 1 aliphatic heterocycles. The predicted octanol–water partition coefficient (Wildman–Crippen LogP) is 1.76. The van der Waals surface area contributed by atoms with Crippen molar-refractivity contribution in [3.05, 3.63) is 53.7 Å². The Morgan fingerprint density at radius 2 is 2.04 bits per heavy atom. The predicted molar refractivity (Wildman–Crippen MR) is 96.5 cm³/mol. The second-order valence-corrected chi connectivity index (χ2v) is 8.41. The molecule has 3 N–H and O–H groups in total. The molecule has 2 heterocycles. The van der Waals surface area contributed by atoms with Gasteiger partial charge in [-0.15, -0.1) is 0 Å². The molecule has 0 radical (unpaired) electrons. The zero-order valence-electron chi connectivity index (χ0n) is 14.2. The molecule has 2 aromatic rings. The van der Waals surface area contributed by atoms with Crippen LogP contribution in [0.4, 0.5) is 5.82 Å². The Hall–Kier alpha value is -1.96. The van der Waals surface area contributed by atoms with Gasteiger partial charge in [0.05, 0.1) is 0 Å². The fourth-order valence-corrected chi connectivity index (χ4v) is 5.10. The van der Waals surface area contributed by atoms with Gasteiger partial charge >= 0.3 is 0 Å². The van der Waals surface area contributed by atoms with Crippen LogP contribution in [0.25, 0.3) is 0 Å². The zero-order valence-corrected chi connectivity index (χ0v) is 15.0. The summed E-state index contributed by atoms with van der Waals surface area (Å²) >= 11 is 0. The second kappa shape index (κ2) is 7.11. The van der Waals surface area contributed by atoms with E-state index < -0.39 is 10.0 Å². The number of aromatic nitrogens is 1. The topological polar surface area (TPSA) is 96.5 Å². The van der Waals surface area contributed by atoms with E-state index >= 15 is 0 Å². The fourth-order valence-electron chi connectivity index (χ4n) is 3.44. The molecular formula is C18H23N3O3S. The highest BCUT2D eigenvalue weighted by molar-refractivity contribution is 7.89. The molecule has 0 amide bonds. The minimum atomic E-state index is -3.73. The Bertz CT molecular complexity index is 840. The molecule has 1 aromatic carbocycles. The van der Waals surface area contributed by atoms with Crippen LogP contribution in [-0.2, 0) is 10.0 Å². The van der Waals surface area contributed by atoms with Crippen molar-refractivity contribution in [2.75, 3.05) is 25.4 Å². The highest BCUT2D eigenvalue weighted by Gasteiger charge is 2.36. The number of hydrogen-bond donors (Lipinski definition) is 2. The number of nitrogens with two attached hydrogens (primary N) is 1. The minimum Gasteiger partial charge on any atom is -0.396 e. The number of hydrogen-bond acceptors (Lipinski definition) is 5. The SMILES string of the molecule is Cc1cnc(N)c(S(=O)(=O)N2CC[C@@H](c3ccccc3)[C@@H](CO)C2)c1. The molecule has 25 heavy (non-hydrogen) atoms. The summed E-state index contributed by atoms with van der Waals surface area (Å²) in [6.45, 7) is 2.38. The van der Waals surface area contributed by atoms with E-state index in [9.17, 15) is 13.5 Å². The van der Waals surface area contributed by atoms with Crippen LogP contribution in [0.5, 0.6) is 0 Å². The van der Waals surface area contributed by atoms with Crippen LogP contribution in [-0.4, -0.2) is 42.5 Å². The van der Waals surface area contributed by atoms with Gasteiger partial charge in [0.25, 0.3) is 0 Å². The van der Waals surface area contributed by atoms with Crippen molar-refractivity contribution >= 4 is 15.8 Å². The fraction of sp³-hybridized carbons (Fsp3) is 0.389. The van der Waals surface area contributed by atoms with Gasteiger partial charge in [-0.25, -0.2) is 13.4 Å². The second-order valence-electron chi connectivity index (χ2n) is 6.51. The lowest BCUT2D eigenvalue weighted by Crippen LogP contribution is -2.44. The first-order valence-electron chi connectivity index (χ1n) is 8.31. The summed E-state index contributed by atoms with van der Waals surface area (Å²) in [7, 11) is -3.73. The van der Waals surface area contributed by atoms with E-state index in [-0.39, 0.29) is 35.7 Å². The highest BCUT2D eigenvalue weighted by atomic mass is 32.2. The molecule has 0 unspecified atom stereocenters. The molecule has 1 aliphatic rings. The normalized spacial score (nSPS) is 22.0. The summed E-state index contributed by atoms with van der Waals surface area (Å²) in [5.41, 5.74) is 7.68. The van der Waals surface area contributed by atoms with Gasteiger partial charge in [-0.2, -0.15) is 4.31 Å². The standard InChI is InChI=1S/C18H23N3O3S/c1-13-9-17(18(19)20-10-13)25(23,24)21-8-7-16(15(11-21)12-22)14-5-3-2-4-6-14/h2-6,9-10,15-16,22H,7-8,11-12H2,1H3,(H2,19,20)/t15-,16+/m1/s1. The van der Waals surface area contributed by atoms with Crippen LogP contribution in [0.1, 0.15) is 23.5 Å². The minimum absolute atomic E-state index is 0.0105. The summed E-state index contributed by atoms with van der Waals surface area (Å²) in [5.74, 6) is 0.00637. The average molecular weight is 361 g/mol. The molecule has 1 fully saturated rings. The number of benzene rings is 1. The van der Waals surface area contributed by atoms with Crippen LogP contribution in [0.3, 0.4) is 0 Å². The van der Waals surface area contributed by atoms with Gasteiger partial charge in [-0.05, 0) is 36.5 Å². The van der Waals surface area contributed by atoms with Gasteiger partial charge < -0.3 is 10.8 Å². The highest BCUT2D eigenvalue weighted by Crippen LogP contribution is 2.35. The number of nitrogen functional groups attached to an aromatic ring is 1. The molecule has 1 saturated heterocycles. The van der Waals surface area contributed by atoms with Crippen LogP contribution >= 0.6 is 0 Å². The van der Waals surface area contributed by atoms with Gasteiger partial charge in [0.1, 0.15) is 10.7 Å². The number of nitrogens with zero attached hydrogens (tertiary/aromatic N) is 2. The molecule has 0 bridgehead atoms. The lowest BCUT2D eigenvalue weighted by molar-refractivity contribution is 0.145. The molecule has 3 rings (SSSR count). The van der Waals surface area contributed by atoms with E-state index in [2.05, 4.69) is 4.98 Å². The number of aliphatic hydroxyl groups is 1. The lowest BCUT2D eigenvalue weighted by atomic mass is 9.82. The Labute approximate surface area is 148 Å². The molecule has 2 atom stereocenters. The van der Waals surface area contributed by atoms with E-state index in [0.29, 0.717) is 13.0 Å². The molecule has 1 aromatic heterocycles. The van der Waals surface area contributed by atoms with E-state index in [4.69, 9.17) is 5.73 Å². The third-order valence-electron chi connectivity index (χ3n) is 4.80. The molecule has 134 valence electrons. The van der Waals surface area contributed by atoms with Gasteiger partial charge in [0, 0.05) is 31.8 Å². The summed E-state index contributed by atoms with van der Waals surface area (Å²) in [5, 5.41) is 9.82. The third kappa shape index (κ3) is 3.53.